The third-order valence-electron chi connectivity index (χ3n) is 5.02. The van der Waals surface area contributed by atoms with Gasteiger partial charge in [-0.2, -0.15) is 11.8 Å². The van der Waals surface area contributed by atoms with Gasteiger partial charge in [-0.05, 0) is 42.4 Å². The van der Waals surface area contributed by atoms with E-state index in [4.69, 9.17) is 12.2 Å². The molecule has 134 valence electrons. The van der Waals surface area contributed by atoms with Crippen LogP contribution in [0.1, 0.15) is 30.5 Å². The SMILES string of the molecule is C#CCCCCSC[C@H]1CN(CC2=CCc3c(N)ccnc32)C[C@H]1O. The van der Waals surface area contributed by atoms with Gasteiger partial charge in [0.15, 0.2) is 0 Å². The second kappa shape index (κ2) is 8.75. The molecule has 2 aliphatic rings. The molecule has 25 heavy (non-hydrogen) atoms. The van der Waals surface area contributed by atoms with E-state index < -0.39 is 0 Å². The molecule has 0 radical (unpaired) electrons. The van der Waals surface area contributed by atoms with Crippen molar-refractivity contribution in [2.45, 2.75) is 31.8 Å². The number of anilines is 1. The van der Waals surface area contributed by atoms with Gasteiger partial charge in [0.05, 0.1) is 11.8 Å². The summed E-state index contributed by atoms with van der Waals surface area (Å²) in [6.07, 6.45) is 13.1. The van der Waals surface area contributed by atoms with Crippen LogP contribution >= 0.6 is 11.8 Å². The van der Waals surface area contributed by atoms with Crippen molar-refractivity contribution < 1.29 is 5.11 Å². The number of unbranched alkanes of at least 4 members (excludes halogenated alkanes) is 2. The van der Waals surface area contributed by atoms with Crippen LogP contribution in [0, 0.1) is 18.3 Å². The highest BCUT2D eigenvalue weighted by atomic mass is 32.2. The number of nitrogens with zero attached hydrogens (tertiary/aromatic N) is 2. The largest absolute Gasteiger partial charge is 0.398 e. The molecule has 0 bridgehead atoms. The van der Waals surface area contributed by atoms with Crippen molar-refractivity contribution in [2.75, 3.05) is 36.9 Å². The van der Waals surface area contributed by atoms with Crippen LogP contribution in [0.2, 0.25) is 0 Å². The van der Waals surface area contributed by atoms with Crippen LogP contribution in [0.5, 0.6) is 0 Å². The van der Waals surface area contributed by atoms with Gasteiger partial charge in [-0.25, -0.2) is 0 Å². The van der Waals surface area contributed by atoms with E-state index >= 15 is 0 Å². The maximum Gasteiger partial charge on any atom is 0.0727 e. The van der Waals surface area contributed by atoms with E-state index in [1.54, 1.807) is 6.20 Å². The molecule has 2 heterocycles. The van der Waals surface area contributed by atoms with Gasteiger partial charge in [0.25, 0.3) is 0 Å². The zero-order valence-electron chi connectivity index (χ0n) is 14.7. The number of aliphatic hydroxyl groups is 1. The number of β-amino-alcohol motifs (C(OH)–C–C–N with tert-alkyl or cyclic N) is 1. The predicted octanol–water partition coefficient (Wildman–Crippen LogP) is 2.43. The Balaban J connectivity index is 1.45. The lowest BCUT2D eigenvalue weighted by Crippen LogP contribution is -2.24. The van der Waals surface area contributed by atoms with Crippen LogP contribution in [-0.4, -0.2) is 52.2 Å². The Morgan fingerprint density at radius 2 is 2.28 bits per heavy atom. The Morgan fingerprint density at radius 1 is 1.40 bits per heavy atom. The molecule has 0 aromatic carbocycles. The number of aromatic nitrogens is 1. The molecule has 4 nitrogen and oxygen atoms in total. The van der Waals surface area contributed by atoms with E-state index in [0.717, 1.165) is 73.8 Å². The first-order chi connectivity index (χ1) is 12.2. The predicted molar refractivity (Wildman–Crippen MR) is 106 cm³/mol. The molecule has 1 aromatic rings. The summed E-state index contributed by atoms with van der Waals surface area (Å²) in [7, 11) is 0. The first kappa shape index (κ1) is 18.3. The Morgan fingerprint density at radius 3 is 3.12 bits per heavy atom. The fraction of sp³-hybridized carbons (Fsp3) is 0.550. The monoisotopic (exact) mass is 357 g/mol. The zero-order chi connectivity index (χ0) is 17.6. The van der Waals surface area contributed by atoms with Gasteiger partial charge in [0, 0.05) is 49.4 Å². The normalized spacial score (nSPS) is 22.6. The maximum absolute atomic E-state index is 10.4. The average molecular weight is 358 g/mol. The first-order valence-electron chi connectivity index (χ1n) is 9.03. The Hall–Kier alpha value is -1.48. The summed E-state index contributed by atoms with van der Waals surface area (Å²) in [5.74, 6) is 5.19. The van der Waals surface area contributed by atoms with E-state index in [2.05, 4.69) is 21.9 Å². The highest BCUT2D eigenvalue weighted by Crippen LogP contribution is 2.31. The molecule has 1 saturated heterocycles. The number of fused-ring (bicyclic) bond motifs is 1. The minimum Gasteiger partial charge on any atom is -0.398 e. The number of aliphatic hydroxyl groups excluding tert-OH is 1. The maximum atomic E-state index is 10.4. The topological polar surface area (TPSA) is 62.4 Å². The third kappa shape index (κ3) is 4.58. The lowest BCUT2D eigenvalue weighted by Gasteiger charge is -2.17. The van der Waals surface area contributed by atoms with Gasteiger partial charge in [-0.1, -0.05) is 6.08 Å². The standard InChI is InChI=1S/C20H27N3OS/c1-2-3-4-5-10-25-14-16-12-23(13-19(16)24)11-15-6-7-17-18(21)8-9-22-20(15)17/h1,6,8-9,16,19,24H,3-5,7,10-14H2,(H2,21,22)/t16-,19-/m1/s1. The molecule has 1 aromatic heterocycles. The molecule has 3 rings (SSSR count). The average Bonchev–Trinajstić information content (AvgIpc) is 3.16. The van der Waals surface area contributed by atoms with Crippen LogP contribution in [0.25, 0.3) is 5.57 Å². The minimum absolute atomic E-state index is 0.228. The van der Waals surface area contributed by atoms with Gasteiger partial charge in [0.2, 0.25) is 0 Å². The lowest BCUT2D eigenvalue weighted by atomic mass is 10.1. The number of nitrogens with two attached hydrogens (primary N) is 1. The molecule has 1 fully saturated rings. The van der Waals surface area contributed by atoms with Crippen molar-refractivity contribution in [3.8, 4) is 12.3 Å². The second-order valence-electron chi connectivity index (χ2n) is 6.92. The molecule has 2 atom stereocenters. The number of hydrogen-bond acceptors (Lipinski definition) is 5. The number of terminal acetylenes is 1. The van der Waals surface area contributed by atoms with Gasteiger partial charge in [0.1, 0.15) is 0 Å². The number of pyridine rings is 1. The number of likely N-dealkylation sites (tertiary alicyclic amines) is 1. The summed E-state index contributed by atoms with van der Waals surface area (Å²) in [6, 6.07) is 1.87. The van der Waals surface area contributed by atoms with Crippen LogP contribution < -0.4 is 5.73 Å². The van der Waals surface area contributed by atoms with E-state index in [0.29, 0.717) is 5.92 Å². The molecule has 1 aliphatic heterocycles. The molecule has 3 N–H and O–H groups in total. The molecular formula is C20H27N3OS. The molecule has 0 unspecified atom stereocenters. The fourth-order valence-electron chi connectivity index (χ4n) is 3.60. The first-order valence-corrected chi connectivity index (χ1v) is 10.2. The number of thioether (sulfide) groups is 1. The highest BCUT2D eigenvalue weighted by molar-refractivity contribution is 7.99. The van der Waals surface area contributed by atoms with Crippen molar-refractivity contribution in [1.82, 2.24) is 9.88 Å². The van der Waals surface area contributed by atoms with Crippen molar-refractivity contribution in [1.29, 1.82) is 0 Å². The summed E-state index contributed by atoms with van der Waals surface area (Å²) in [6.45, 7) is 2.55. The number of allylic oxidation sites excluding steroid dienone is 1. The summed E-state index contributed by atoms with van der Waals surface area (Å²) in [4.78, 5) is 6.86. The smallest absolute Gasteiger partial charge is 0.0727 e. The quantitative estimate of drug-likeness (QED) is 0.553. The van der Waals surface area contributed by atoms with Crippen LogP contribution in [-0.2, 0) is 6.42 Å². The zero-order valence-corrected chi connectivity index (χ0v) is 15.5. The van der Waals surface area contributed by atoms with E-state index in [-0.39, 0.29) is 6.10 Å². The van der Waals surface area contributed by atoms with Crippen LogP contribution in [0.3, 0.4) is 0 Å². The van der Waals surface area contributed by atoms with E-state index in [9.17, 15) is 5.11 Å². The molecule has 0 spiro atoms. The Bertz CT molecular complexity index is 667. The number of hydrogen-bond donors (Lipinski definition) is 2. The molecule has 5 heteroatoms. The molecule has 0 saturated carbocycles. The van der Waals surface area contributed by atoms with Gasteiger partial charge in [-0.15, -0.1) is 12.3 Å². The molecular weight excluding hydrogens is 330 g/mol. The number of rotatable bonds is 8. The lowest BCUT2D eigenvalue weighted by molar-refractivity contribution is 0.151. The Kier molecular flexibility index (Phi) is 6.41. The van der Waals surface area contributed by atoms with E-state index in [1.165, 1.54) is 5.57 Å². The van der Waals surface area contributed by atoms with Crippen LogP contribution in [0.15, 0.2) is 18.3 Å². The van der Waals surface area contributed by atoms with Crippen LogP contribution in [0.4, 0.5) is 5.69 Å². The summed E-state index contributed by atoms with van der Waals surface area (Å²) >= 11 is 1.94. The minimum atomic E-state index is -0.228. The Labute approximate surface area is 154 Å². The summed E-state index contributed by atoms with van der Waals surface area (Å²) < 4.78 is 0. The van der Waals surface area contributed by atoms with E-state index in [1.807, 2.05) is 17.8 Å². The number of nitrogen functional groups attached to an aromatic ring is 1. The molecule has 0 amide bonds. The molecule has 1 aliphatic carbocycles. The van der Waals surface area contributed by atoms with Crippen molar-refractivity contribution in [3.63, 3.8) is 0 Å². The summed E-state index contributed by atoms with van der Waals surface area (Å²) in [5.41, 5.74) is 10.3. The highest BCUT2D eigenvalue weighted by Gasteiger charge is 2.32. The van der Waals surface area contributed by atoms with Gasteiger partial charge < -0.3 is 10.8 Å². The van der Waals surface area contributed by atoms with Crippen molar-refractivity contribution in [3.05, 3.63) is 29.6 Å². The van der Waals surface area contributed by atoms with Crippen molar-refractivity contribution in [2.24, 2.45) is 5.92 Å². The van der Waals surface area contributed by atoms with Gasteiger partial charge >= 0.3 is 0 Å². The third-order valence-corrected chi connectivity index (χ3v) is 6.26. The summed E-state index contributed by atoms with van der Waals surface area (Å²) in [5, 5.41) is 10.4. The second-order valence-corrected chi connectivity index (χ2v) is 8.07. The van der Waals surface area contributed by atoms with Crippen molar-refractivity contribution >= 4 is 23.0 Å². The van der Waals surface area contributed by atoms with Gasteiger partial charge in [-0.3, -0.25) is 9.88 Å². The fourth-order valence-corrected chi connectivity index (χ4v) is 4.81.